The Morgan fingerprint density at radius 2 is 1.67 bits per heavy atom. The average molecular weight is 592 g/mol. The van der Waals surface area contributed by atoms with Crippen LogP contribution in [0.5, 0.6) is 0 Å². The van der Waals surface area contributed by atoms with Gasteiger partial charge in [-0.15, -0.1) is 0 Å². The van der Waals surface area contributed by atoms with Crippen LogP contribution < -0.4 is 5.32 Å². The van der Waals surface area contributed by atoms with Crippen LogP contribution >= 0.6 is 0 Å². The predicted molar refractivity (Wildman–Crippen MR) is 171 cm³/mol. The Morgan fingerprint density at radius 3 is 2.33 bits per heavy atom. The number of allylic oxidation sites excluding steroid dienone is 5. The lowest BCUT2D eigenvalue weighted by molar-refractivity contribution is -0.177. The van der Waals surface area contributed by atoms with E-state index in [4.69, 9.17) is 0 Å². The Balaban J connectivity index is 1.28. The number of hydrogen-bond acceptors (Lipinski definition) is 3. The normalized spacial score (nSPS) is 45.0. The third kappa shape index (κ3) is 4.81. The van der Waals surface area contributed by atoms with Gasteiger partial charge in [-0.05, 0) is 147 Å². The molecule has 43 heavy (non-hydrogen) atoms. The first-order chi connectivity index (χ1) is 20.2. The highest BCUT2D eigenvalue weighted by Gasteiger charge is 2.66. The van der Waals surface area contributed by atoms with Gasteiger partial charge in [0.15, 0.2) is 0 Å². The van der Waals surface area contributed by atoms with Gasteiger partial charge in [-0.25, -0.2) is 0 Å². The van der Waals surface area contributed by atoms with Crippen molar-refractivity contribution >= 4 is 11.9 Å². The summed E-state index contributed by atoms with van der Waals surface area (Å²) in [4.78, 5) is 23.0. The molecular weight excluding hydrogens is 534 g/mol. The van der Waals surface area contributed by atoms with E-state index in [9.17, 15) is 19.8 Å². The number of rotatable bonds is 7. The molecule has 0 saturated heterocycles. The molecule has 238 valence electrons. The molecule has 8 unspecified atom stereocenters. The largest absolute Gasteiger partial charge is 0.481 e. The summed E-state index contributed by atoms with van der Waals surface area (Å²) in [6, 6.07) is 0. The molecule has 0 aromatic heterocycles. The lowest BCUT2D eigenvalue weighted by Gasteiger charge is -2.69. The molecule has 5 nitrogen and oxygen atoms in total. The van der Waals surface area contributed by atoms with E-state index in [1.807, 2.05) is 0 Å². The van der Waals surface area contributed by atoms with Crippen molar-refractivity contribution in [2.45, 2.75) is 124 Å². The van der Waals surface area contributed by atoms with Gasteiger partial charge < -0.3 is 15.5 Å². The van der Waals surface area contributed by atoms with E-state index in [0.717, 1.165) is 31.6 Å². The lowest BCUT2D eigenvalue weighted by Crippen LogP contribution is -2.64. The quantitative estimate of drug-likeness (QED) is 0.259. The SMILES string of the molecule is C=C(C)[C@@H]1CCC2(NCCC(=O)O)CCC3C(CCC4C3(C)CCC3C(C)(C)C(C5=CCC(C(=O)O)CC5)=CCC34C)[C@@H]12. The van der Waals surface area contributed by atoms with Gasteiger partial charge in [-0.2, -0.15) is 0 Å². The first-order valence-corrected chi connectivity index (χ1v) is 17.5. The summed E-state index contributed by atoms with van der Waals surface area (Å²) >= 11 is 0. The molecule has 6 aliphatic carbocycles. The van der Waals surface area contributed by atoms with Gasteiger partial charge in [0.2, 0.25) is 0 Å². The lowest BCUT2D eigenvalue weighted by atomic mass is 9.36. The van der Waals surface area contributed by atoms with Crippen LogP contribution in [0.3, 0.4) is 0 Å². The van der Waals surface area contributed by atoms with E-state index in [1.54, 1.807) is 0 Å². The number of nitrogens with one attached hydrogen (secondary N) is 1. The maximum absolute atomic E-state index is 11.6. The summed E-state index contributed by atoms with van der Waals surface area (Å²) in [7, 11) is 0. The molecule has 0 aliphatic heterocycles. The minimum absolute atomic E-state index is 0.0718. The predicted octanol–water partition coefficient (Wildman–Crippen LogP) is 8.42. The maximum Gasteiger partial charge on any atom is 0.306 e. The van der Waals surface area contributed by atoms with Crippen molar-refractivity contribution in [2.24, 2.45) is 57.7 Å². The summed E-state index contributed by atoms with van der Waals surface area (Å²) < 4.78 is 0. The van der Waals surface area contributed by atoms with Crippen molar-refractivity contribution in [2.75, 3.05) is 6.54 Å². The van der Waals surface area contributed by atoms with Crippen LogP contribution in [0.25, 0.3) is 0 Å². The van der Waals surface area contributed by atoms with Gasteiger partial charge in [0, 0.05) is 12.1 Å². The number of carboxylic acid groups (broad SMARTS) is 2. The molecule has 4 saturated carbocycles. The van der Waals surface area contributed by atoms with Gasteiger partial charge >= 0.3 is 11.9 Å². The van der Waals surface area contributed by atoms with Crippen LogP contribution in [-0.2, 0) is 9.59 Å². The molecule has 6 rings (SSSR count). The minimum atomic E-state index is -0.710. The smallest absolute Gasteiger partial charge is 0.306 e. The summed E-state index contributed by atoms with van der Waals surface area (Å²) in [5.41, 5.74) is 5.05. The Labute approximate surface area is 260 Å². The summed E-state index contributed by atoms with van der Waals surface area (Å²) in [5.74, 6) is 2.30. The molecule has 0 spiro atoms. The molecule has 0 aromatic rings. The van der Waals surface area contributed by atoms with Crippen LogP contribution in [0.4, 0.5) is 0 Å². The van der Waals surface area contributed by atoms with Gasteiger partial charge in [0.25, 0.3) is 0 Å². The van der Waals surface area contributed by atoms with Crippen molar-refractivity contribution in [3.8, 4) is 0 Å². The highest BCUT2D eigenvalue weighted by molar-refractivity contribution is 5.70. The second-order valence-electron chi connectivity index (χ2n) is 16.9. The van der Waals surface area contributed by atoms with E-state index < -0.39 is 11.9 Å². The van der Waals surface area contributed by atoms with Crippen LogP contribution in [0.2, 0.25) is 0 Å². The molecule has 0 radical (unpaired) electrons. The van der Waals surface area contributed by atoms with E-state index in [2.05, 4.69) is 58.7 Å². The second-order valence-corrected chi connectivity index (χ2v) is 16.9. The highest BCUT2D eigenvalue weighted by Crippen LogP contribution is 2.73. The minimum Gasteiger partial charge on any atom is -0.481 e. The number of aliphatic carboxylic acids is 2. The average Bonchev–Trinajstić information content (AvgIpc) is 3.33. The Hall–Kier alpha value is -1.88. The molecule has 0 bridgehead atoms. The van der Waals surface area contributed by atoms with Gasteiger partial charge in [-0.3, -0.25) is 9.59 Å². The molecule has 0 aromatic carbocycles. The topological polar surface area (TPSA) is 86.6 Å². The monoisotopic (exact) mass is 591 g/mol. The van der Waals surface area contributed by atoms with Crippen molar-refractivity contribution in [3.05, 3.63) is 35.5 Å². The molecule has 4 fully saturated rings. The van der Waals surface area contributed by atoms with E-state index in [1.165, 1.54) is 61.7 Å². The van der Waals surface area contributed by atoms with Crippen LogP contribution in [0.15, 0.2) is 35.5 Å². The van der Waals surface area contributed by atoms with Crippen molar-refractivity contribution in [1.82, 2.24) is 5.32 Å². The van der Waals surface area contributed by atoms with Gasteiger partial charge in [-0.1, -0.05) is 52.0 Å². The third-order valence-corrected chi connectivity index (χ3v) is 14.7. The van der Waals surface area contributed by atoms with Crippen molar-refractivity contribution in [3.63, 3.8) is 0 Å². The van der Waals surface area contributed by atoms with E-state index in [-0.39, 0.29) is 28.7 Å². The van der Waals surface area contributed by atoms with Crippen molar-refractivity contribution < 1.29 is 19.8 Å². The van der Waals surface area contributed by atoms with E-state index in [0.29, 0.717) is 48.0 Å². The van der Waals surface area contributed by atoms with Gasteiger partial charge in [0.1, 0.15) is 0 Å². The Morgan fingerprint density at radius 1 is 0.930 bits per heavy atom. The molecule has 0 heterocycles. The molecule has 6 aliphatic rings. The zero-order valence-electron chi connectivity index (χ0n) is 27.5. The zero-order chi connectivity index (χ0) is 30.9. The van der Waals surface area contributed by atoms with Crippen LogP contribution in [0.1, 0.15) is 118 Å². The fraction of sp³-hybridized carbons (Fsp3) is 0.789. The summed E-state index contributed by atoms with van der Waals surface area (Å²) in [6.07, 6.45) is 18.5. The Bertz CT molecular complexity index is 1230. The first-order valence-electron chi connectivity index (χ1n) is 17.5. The van der Waals surface area contributed by atoms with Crippen molar-refractivity contribution in [1.29, 1.82) is 0 Å². The number of carbonyl (C=O) groups is 2. The van der Waals surface area contributed by atoms with E-state index >= 15 is 0 Å². The number of hydrogen-bond donors (Lipinski definition) is 3. The zero-order valence-corrected chi connectivity index (χ0v) is 27.5. The summed E-state index contributed by atoms with van der Waals surface area (Å²) in [6.45, 7) is 17.6. The first kappa shape index (κ1) is 31.1. The fourth-order valence-electron chi connectivity index (χ4n) is 13.0. The highest BCUT2D eigenvalue weighted by atomic mass is 16.4. The number of carboxylic acids is 2. The number of fused-ring (bicyclic) bond motifs is 7. The second kappa shape index (κ2) is 10.9. The van der Waals surface area contributed by atoms with Gasteiger partial charge in [0.05, 0.1) is 12.3 Å². The summed E-state index contributed by atoms with van der Waals surface area (Å²) in [5, 5.41) is 22.8. The molecule has 10 atom stereocenters. The molecule has 3 N–H and O–H groups in total. The van der Waals surface area contributed by atoms with Crippen LogP contribution in [-0.4, -0.2) is 34.2 Å². The fourth-order valence-corrected chi connectivity index (χ4v) is 13.0. The molecule has 0 amide bonds. The van der Waals surface area contributed by atoms with Crippen LogP contribution in [0, 0.1) is 57.7 Å². The maximum atomic E-state index is 11.6. The molecule has 5 heteroatoms. The Kier molecular flexibility index (Phi) is 7.87. The third-order valence-electron chi connectivity index (χ3n) is 14.7. The molecular formula is C38H57NO4. The standard InChI is InChI=1S/C38H57NO4/c1-23(2)26-13-20-38(39-22-17-32(40)41)21-15-29-27(33(26)38)11-12-31-36(29,5)19-16-30-35(3,4)28(14-18-37(30,31)6)24-7-9-25(10-8-24)34(42)43/h7,14,25-27,29-31,33,39H,1,8-13,15-22H2,2-6H3,(H,40,41)(H,42,43)/t25?,26-,27?,29?,30?,31?,33+,36?,37?,38?/m0/s1.